The molecule has 0 radical (unpaired) electrons. The summed E-state index contributed by atoms with van der Waals surface area (Å²) in [5, 5.41) is 8.55. The molecular weight excluding hydrogens is 142 g/mol. The van der Waals surface area contributed by atoms with E-state index in [1.165, 1.54) is 6.07 Å². The molecule has 0 aliphatic rings. The Morgan fingerprint density at radius 1 is 1.64 bits per heavy atom. The molecule has 1 rings (SSSR count). The van der Waals surface area contributed by atoms with Crippen LogP contribution >= 0.6 is 0 Å². The third-order valence-electron chi connectivity index (χ3n) is 1.33. The fourth-order valence-corrected chi connectivity index (χ4v) is 0.734. The van der Waals surface area contributed by atoms with Gasteiger partial charge in [0.1, 0.15) is 6.04 Å². The Morgan fingerprint density at radius 2 is 2.36 bits per heavy atom. The van der Waals surface area contributed by atoms with Crippen molar-refractivity contribution in [3.63, 3.8) is 0 Å². The lowest BCUT2D eigenvalue weighted by Crippen LogP contribution is -2.20. The van der Waals surface area contributed by atoms with Crippen LogP contribution in [-0.4, -0.2) is 11.1 Å². The molecule has 0 aliphatic heterocycles. The third-order valence-corrected chi connectivity index (χ3v) is 1.33. The number of hydrogen-bond donors (Lipinski definition) is 2. The second kappa shape index (κ2) is 3.16. The van der Waals surface area contributed by atoms with E-state index in [9.17, 15) is 4.79 Å². The molecule has 1 unspecified atom stereocenters. The Morgan fingerprint density at radius 3 is 2.91 bits per heavy atom. The highest BCUT2D eigenvalue weighted by Gasteiger charge is 2.12. The van der Waals surface area contributed by atoms with E-state index in [1.54, 1.807) is 18.2 Å². The Labute approximate surface area is 65.9 Å². The average Bonchev–Trinajstić information content (AvgIpc) is 2.04. The molecule has 0 spiro atoms. The van der Waals surface area contributed by atoms with Crippen LogP contribution in [0.2, 0.25) is 0 Å². The topological polar surface area (TPSA) is 63.3 Å². The summed E-state index contributed by atoms with van der Waals surface area (Å²) >= 11 is 0. The maximum absolute atomic E-state index is 10.4. The van der Waals surface area contributed by atoms with Crippen LogP contribution in [0.1, 0.15) is 13.0 Å². The van der Waals surface area contributed by atoms with E-state index in [0.717, 1.165) is 0 Å². The summed E-state index contributed by atoms with van der Waals surface area (Å²) in [6, 6.07) is 5.45. The molecule has 3 heteroatoms. The molecule has 0 aliphatic carbocycles. The molecule has 3 N–H and O–H groups in total. The smallest absolute Gasteiger partial charge is 0.325 e. The monoisotopic (exact) mass is 152 g/mol. The first-order chi connectivity index (χ1) is 5.63. The van der Waals surface area contributed by atoms with Crippen molar-refractivity contribution in [2.24, 2.45) is 5.73 Å². The molecule has 3 nitrogen and oxygen atoms in total. The maximum Gasteiger partial charge on any atom is 0.325 e. The molecule has 0 bridgehead atoms. The number of rotatable bonds is 2. The molecular formula is C8H9NO2. The lowest BCUT2D eigenvalue weighted by molar-refractivity contribution is -0.138. The second-order valence-electron chi connectivity index (χ2n) is 2.13. The molecule has 1 aromatic carbocycles. The van der Waals surface area contributed by atoms with Gasteiger partial charge in [-0.05, 0) is 5.56 Å². The molecule has 58 valence electrons. The van der Waals surface area contributed by atoms with Crippen molar-refractivity contribution >= 4 is 5.97 Å². The number of carboxylic acids is 1. The van der Waals surface area contributed by atoms with Crippen LogP contribution < -0.4 is 5.73 Å². The highest BCUT2D eigenvalue weighted by atomic mass is 16.4. The van der Waals surface area contributed by atoms with Gasteiger partial charge < -0.3 is 10.8 Å². The van der Waals surface area contributed by atoms with Crippen LogP contribution in [0.25, 0.3) is 0 Å². The van der Waals surface area contributed by atoms with Crippen molar-refractivity contribution in [2.45, 2.75) is 6.04 Å². The number of carboxylic acid groups (broad SMARTS) is 1. The van der Waals surface area contributed by atoms with Crippen molar-refractivity contribution in [1.82, 2.24) is 0 Å². The van der Waals surface area contributed by atoms with Gasteiger partial charge in [-0.15, -0.1) is 0 Å². The summed E-state index contributed by atoms with van der Waals surface area (Å²) in [5.74, 6) is -1.12. The van der Waals surface area contributed by atoms with E-state index in [1.807, 2.05) is 0 Å². The van der Waals surface area contributed by atoms with Crippen molar-refractivity contribution < 1.29 is 11.3 Å². The maximum atomic E-state index is 10.4. The van der Waals surface area contributed by atoms with Gasteiger partial charge in [0.25, 0.3) is 0 Å². The Balaban J connectivity index is 3.02. The second-order valence-corrected chi connectivity index (χ2v) is 2.13. The molecule has 11 heavy (non-hydrogen) atoms. The minimum absolute atomic E-state index is 0.160. The lowest BCUT2D eigenvalue weighted by Gasteiger charge is -2.04. The molecule has 0 saturated carbocycles. The number of nitrogens with two attached hydrogens (primary N) is 1. The number of aliphatic carboxylic acids is 1. The SMILES string of the molecule is [2H]c1ccccc1C(N)C(=O)O. The average molecular weight is 152 g/mol. The first-order valence-electron chi connectivity index (χ1n) is 3.67. The highest BCUT2D eigenvalue weighted by Crippen LogP contribution is 2.08. The summed E-state index contributed by atoms with van der Waals surface area (Å²) in [7, 11) is 0. The standard InChI is InChI=1S/C8H9NO2/c9-7(8(10)11)6-4-2-1-3-5-6/h1-5,7H,9H2,(H,10,11)/i4D. The quantitative estimate of drug-likeness (QED) is 0.658. The minimum Gasteiger partial charge on any atom is -0.480 e. The fraction of sp³-hybridized carbons (Fsp3) is 0.125. The van der Waals surface area contributed by atoms with Crippen molar-refractivity contribution in [3.8, 4) is 0 Å². The molecule has 0 heterocycles. The van der Waals surface area contributed by atoms with E-state index in [4.69, 9.17) is 12.2 Å². The van der Waals surface area contributed by atoms with Gasteiger partial charge in [0.05, 0.1) is 1.37 Å². The predicted molar refractivity (Wildman–Crippen MR) is 41.0 cm³/mol. The van der Waals surface area contributed by atoms with E-state index < -0.39 is 12.0 Å². The molecule has 1 atom stereocenters. The van der Waals surface area contributed by atoms with Crippen LogP contribution in [0, 0.1) is 0 Å². The van der Waals surface area contributed by atoms with Crippen LogP contribution in [0.5, 0.6) is 0 Å². The Hall–Kier alpha value is -1.35. The summed E-state index contributed by atoms with van der Waals surface area (Å²) in [6.07, 6.45) is 0. The predicted octanol–water partition coefficient (Wildman–Crippen LogP) is 0.771. The van der Waals surface area contributed by atoms with Gasteiger partial charge in [0.15, 0.2) is 0 Å². The molecule has 0 fully saturated rings. The lowest BCUT2D eigenvalue weighted by atomic mass is 10.1. The summed E-state index contributed by atoms with van der Waals surface area (Å²) < 4.78 is 7.35. The summed E-state index contributed by atoms with van der Waals surface area (Å²) in [5.41, 5.74) is 5.66. The molecule has 1 aromatic rings. The van der Waals surface area contributed by atoms with Crippen LogP contribution in [-0.2, 0) is 4.79 Å². The molecule has 0 amide bonds. The van der Waals surface area contributed by atoms with Crippen molar-refractivity contribution in [3.05, 3.63) is 35.9 Å². The zero-order valence-electron chi connectivity index (χ0n) is 6.82. The largest absolute Gasteiger partial charge is 0.480 e. The Kier molecular flexibility index (Phi) is 1.83. The number of hydrogen-bond acceptors (Lipinski definition) is 2. The summed E-state index contributed by atoms with van der Waals surface area (Å²) in [6.45, 7) is 0. The fourth-order valence-electron chi connectivity index (χ4n) is 0.734. The number of benzene rings is 1. The molecule has 0 aromatic heterocycles. The first kappa shape index (κ1) is 6.37. The van der Waals surface area contributed by atoms with E-state index in [0.29, 0.717) is 5.56 Å². The van der Waals surface area contributed by atoms with Gasteiger partial charge in [-0.25, -0.2) is 0 Å². The van der Waals surface area contributed by atoms with Gasteiger partial charge in [-0.3, -0.25) is 4.79 Å². The van der Waals surface area contributed by atoms with Crippen LogP contribution in [0.3, 0.4) is 0 Å². The van der Waals surface area contributed by atoms with Gasteiger partial charge in [-0.1, -0.05) is 30.3 Å². The minimum atomic E-state index is -1.12. The van der Waals surface area contributed by atoms with Crippen LogP contribution in [0.4, 0.5) is 0 Å². The highest BCUT2D eigenvalue weighted by molar-refractivity contribution is 5.75. The normalized spacial score (nSPS) is 13.7. The van der Waals surface area contributed by atoms with E-state index in [2.05, 4.69) is 0 Å². The first-order valence-corrected chi connectivity index (χ1v) is 3.17. The molecule has 0 saturated heterocycles. The van der Waals surface area contributed by atoms with Crippen molar-refractivity contribution in [2.75, 3.05) is 0 Å². The zero-order chi connectivity index (χ0) is 9.14. The van der Waals surface area contributed by atoms with Crippen LogP contribution in [0.15, 0.2) is 30.3 Å². The van der Waals surface area contributed by atoms with E-state index in [-0.39, 0.29) is 6.04 Å². The third kappa shape index (κ3) is 1.78. The van der Waals surface area contributed by atoms with E-state index >= 15 is 0 Å². The number of carbonyl (C=O) groups is 1. The Bertz CT molecular complexity index is 301. The van der Waals surface area contributed by atoms with Gasteiger partial charge >= 0.3 is 5.97 Å². The van der Waals surface area contributed by atoms with Gasteiger partial charge in [0, 0.05) is 0 Å². The van der Waals surface area contributed by atoms with Gasteiger partial charge in [-0.2, -0.15) is 0 Å². The zero-order valence-corrected chi connectivity index (χ0v) is 5.82. The summed E-state index contributed by atoms with van der Waals surface area (Å²) in [4.78, 5) is 10.4. The van der Waals surface area contributed by atoms with Gasteiger partial charge in [0.2, 0.25) is 0 Å². The van der Waals surface area contributed by atoms with Crippen molar-refractivity contribution in [1.29, 1.82) is 0 Å².